The van der Waals surface area contributed by atoms with Crippen molar-refractivity contribution in [3.8, 4) is 11.5 Å². The average molecular weight is 301 g/mol. The molecule has 0 fully saturated rings. The number of fused-ring (bicyclic) bond motifs is 1. The molecule has 0 amide bonds. The normalized spacial score (nSPS) is 16.8. The summed E-state index contributed by atoms with van der Waals surface area (Å²) in [7, 11) is -2.21. The first-order chi connectivity index (χ1) is 9.41. The first-order valence-electron chi connectivity index (χ1n) is 6.45. The van der Waals surface area contributed by atoms with Gasteiger partial charge in [0.05, 0.1) is 24.2 Å². The van der Waals surface area contributed by atoms with E-state index in [0.29, 0.717) is 24.7 Å². The van der Waals surface area contributed by atoms with Crippen molar-refractivity contribution in [2.24, 2.45) is 0 Å². The van der Waals surface area contributed by atoms with Crippen molar-refractivity contribution in [3.05, 3.63) is 18.2 Å². The minimum atomic E-state index is -3.64. The van der Waals surface area contributed by atoms with Gasteiger partial charge in [-0.2, -0.15) is 4.31 Å². The minimum Gasteiger partial charge on any atom is -0.490 e. The number of rotatable bonds is 4. The molecule has 0 spiro atoms. The lowest BCUT2D eigenvalue weighted by Gasteiger charge is -2.19. The van der Waals surface area contributed by atoms with Gasteiger partial charge in [-0.15, -0.1) is 0 Å². The number of benzene rings is 1. The zero-order chi connectivity index (χ0) is 14.8. The van der Waals surface area contributed by atoms with E-state index in [1.165, 1.54) is 19.2 Å². The molecular weight excluding hydrogens is 282 g/mol. The van der Waals surface area contributed by atoms with Gasteiger partial charge < -0.3 is 14.6 Å². The molecule has 1 aromatic rings. The molecule has 1 heterocycles. The molecule has 0 saturated carbocycles. The topological polar surface area (TPSA) is 76.1 Å². The highest BCUT2D eigenvalue weighted by Crippen LogP contribution is 2.32. The number of nitrogens with zero attached hydrogens (tertiary/aromatic N) is 1. The van der Waals surface area contributed by atoms with Crippen LogP contribution in [0.15, 0.2) is 23.1 Å². The van der Waals surface area contributed by atoms with Gasteiger partial charge in [0.15, 0.2) is 11.5 Å². The minimum absolute atomic E-state index is 0.0385. The molecule has 1 unspecified atom stereocenters. The van der Waals surface area contributed by atoms with E-state index in [1.807, 2.05) is 0 Å². The summed E-state index contributed by atoms with van der Waals surface area (Å²) in [6.45, 7) is 2.64. The highest BCUT2D eigenvalue weighted by atomic mass is 32.2. The van der Waals surface area contributed by atoms with Gasteiger partial charge in [0.2, 0.25) is 10.0 Å². The summed E-state index contributed by atoms with van der Waals surface area (Å²) in [5, 5.41) is 9.31. The van der Waals surface area contributed by atoms with Gasteiger partial charge in [-0.05, 0) is 19.1 Å². The van der Waals surface area contributed by atoms with Crippen LogP contribution in [-0.4, -0.2) is 50.7 Å². The molecule has 20 heavy (non-hydrogen) atoms. The molecule has 6 nitrogen and oxygen atoms in total. The Morgan fingerprint density at radius 2 is 1.95 bits per heavy atom. The number of likely N-dealkylation sites (N-methyl/N-ethyl adjacent to an activating group) is 1. The van der Waals surface area contributed by atoms with Crippen LogP contribution in [-0.2, 0) is 10.0 Å². The summed E-state index contributed by atoms with van der Waals surface area (Å²) in [5.41, 5.74) is 0. The third-order valence-corrected chi connectivity index (χ3v) is 4.77. The van der Waals surface area contributed by atoms with Gasteiger partial charge in [-0.3, -0.25) is 0 Å². The Balaban J connectivity index is 2.30. The van der Waals surface area contributed by atoms with Crippen LogP contribution in [0.25, 0.3) is 0 Å². The monoisotopic (exact) mass is 301 g/mol. The van der Waals surface area contributed by atoms with E-state index in [-0.39, 0.29) is 11.4 Å². The second-order valence-corrected chi connectivity index (χ2v) is 6.84. The van der Waals surface area contributed by atoms with E-state index in [0.717, 1.165) is 10.7 Å². The molecule has 0 aliphatic carbocycles. The zero-order valence-corrected chi connectivity index (χ0v) is 12.4. The van der Waals surface area contributed by atoms with Crippen molar-refractivity contribution in [1.82, 2.24) is 4.31 Å². The average Bonchev–Trinajstić information content (AvgIpc) is 2.61. The second-order valence-electron chi connectivity index (χ2n) is 4.79. The standard InChI is InChI=1S/C13H19NO5S/c1-10(15)9-14(2)20(16,17)11-4-5-12-13(8-11)19-7-3-6-18-12/h4-5,8,10,15H,3,6-7,9H2,1-2H3. The summed E-state index contributed by atoms with van der Waals surface area (Å²) in [6.07, 6.45) is 0.0359. The van der Waals surface area contributed by atoms with Gasteiger partial charge in [0, 0.05) is 26.1 Å². The number of aliphatic hydroxyl groups excluding tert-OH is 1. The number of hydrogen-bond donors (Lipinski definition) is 1. The molecule has 1 aliphatic rings. The molecule has 0 saturated heterocycles. The van der Waals surface area contributed by atoms with Crippen LogP contribution in [0, 0.1) is 0 Å². The van der Waals surface area contributed by atoms with Crippen molar-refractivity contribution in [1.29, 1.82) is 0 Å². The molecular formula is C13H19NO5S. The lowest BCUT2D eigenvalue weighted by atomic mass is 10.3. The highest BCUT2D eigenvalue weighted by Gasteiger charge is 2.24. The van der Waals surface area contributed by atoms with E-state index >= 15 is 0 Å². The molecule has 2 rings (SSSR count). The Kier molecular flexibility index (Phi) is 4.52. The van der Waals surface area contributed by atoms with Crippen LogP contribution in [0.3, 0.4) is 0 Å². The van der Waals surface area contributed by atoms with Crippen LogP contribution in [0.5, 0.6) is 11.5 Å². The molecule has 1 aromatic carbocycles. The van der Waals surface area contributed by atoms with E-state index in [4.69, 9.17) is 9.47 Å². The van der Waals surface area contributed by atoms with Crippen LogP contribution >= 0.6 is 0 Å². The molecule has 1 N–H and O–H groups in total. The van der Waals surface area contributed by atoms with Gasteiger partial charge in [0.25, 0.3) is 0 Å². The summed E-state index contributed by atoms with van der Waals surface area (Å²) in [4.78, 5) is 0.130. The van der Waals surface area contributed by atoms with E-state index < -0.39 is 16.1 Å². The Bertz CT molecular complexity index is 570. The van der Waals surface area contributed by atoms with Gasteiger partial charge in [0.1, 0.15) is 0 Å². The molecule has 1 aliphatic heterocycles. The van der Waals surface area contributed by atoms with E-state index in [2.05, 4.69) is 0 Å². The summed E-state index contributed by atoms with van der Waals surface area (Å²) in [5.74, 6) is 0.994. The maximum Gasteiger partial charge on any atom is 0.243 e. The van der Waals surface area contributed by atoms with Crippen molar-refractivity contribution in [2.45, 2.75) is 24.3 Å². The van der Waals surface area contributed by atoms with Gasteiger partial charge >= 0.3 is 0 Å². The molecule has 0 radical (unpaired) electrons. The SMILES string of the molecule is CC(O)CN(C)S(=O)(=O)c1ccc2c(c1)OCCCO2. The smallest absolute Gasteiger partial charge is 0.243 e. The fraction of sp³-hybridized carbons (Fsp3) is 0.538. The first kappa shape index (κ1) is 15.1. The largest absolute Gasteiger partial charge is 0.490 e. The Morgan fingerprint density at radius 3 is 2.60 bits per heavy atom. The fourth-order valence-electron chi connectivity index (χ4n) is 1.95. The maximum absolute atomic E-state index is 12.4. The van der Waals surface area contributed by atoms with E-state index in [9.17, 15) is 13.5 Å². The lowest BCUT2D eigenvalue weighted by Crippen LogP contribution is -2.33. The Morgan fingerprint density at radius 1 is 1.30 bits per heavy atom. The third kappa shape index (κ3) is 3.23. The zero-order valence-electron chi connectivity index (χ0n) is 11.6. The van der Waals surface area contributed by atoms with Crippen LogP contribution in [0.2, 0.25) is 0 Å². The molecule has 7 heteroatoms. The predicted octanol–water partition coefficient (Wildman–Crippen LogP) is 0.849. The Labute approximate surface area is 119 Å². The second kappa shape index (κ2) is 5.99. The van der Waals surface area contributed by atoms with Crippen LogP contribution in [0.4, 0.5) is 0 Å². The predicted molar refractivity (Wildman–Crippen MR) is 73.5 cm³/mol. The molecule has 1 atom stereocenters. The molecule has 0 bridgehead atoms. The number of aliphatic hydroxyl groups is 1. The molecule has 0 aromatic heterocycles. The fourth-order valence-corrected chi connectivity index (χ4v) is 3.22. The lowest BCUT2D eigenvalue weighted by molar-refractivity contribution is 0.171. The number of sulfonamides is 1. The van der Waals surface area contributed by atoms with Crippen molar-refractivity contribution in [3.63, 3.8) is 0 Å². The number of ether oxygens (including phenoxy) is 2. The van der Waals surface area contributed by atoms with Gasteiger partial charge in [-0.1, -0.05) is 0 Å². The van der Waals surface area contributed by atoms with Crippen molar-refractivity contribution >= 4 is 10.0 Å². The third-order valence-electron chi connectivity index (χ3n) is 2.95. The quantitative estimate of drug-likeness (QED) is 0.892. The van der Waals surface area contributed by atoms with Gasteiger partial charge in [-0.25, -0.2) is 8.42 Å². The maximum atomic E-state index is 12.4. The highest BCUT2D eigenvalue weighted by molar-refractivity contribution is 7.89. The van der Waals surface area contributed by atoms with Crippen LogP contribution < -0.4 is 9.47 Å². The Hall–Kier alpha value is -1.31. The first-order valence-corrected chi connectivity index (χ1v) is 7.89. The molecule has 112 valence electrons. The van der Waals surface area contributed by atoms with Crippen molar-refractivity contribution in [2.75, 3.05) is 26.8 Å². The van der Waals surface area contributed by atoms with Crippen LogP contribution in [0.1, 0.15) is 13.3 Å². The number of hydrogen-bond acceptors (Lipinski definition) is 5. The summed E-state index contributed by atoms with van der Waals surface area (Å²) in [6, 6.07) is 4.56. The van der Waals surface area contributed by atoms with Crippen molar-refractivity contribution < 1.29 is 23.0 Å². The summed E-state index contributed by atoms with van der Waals surface area (Å²) >= 11 is 0. The summed E-state index contributed by atoms with van der Waals surface area (Å²) < 4.78 is 36.8. The van der Waals surface area contributed by atoms with E-state index in [1.54, 1.807) is 13.0 Å².